The van der Waals surface area contributed by atoms with Crippen molar-refractivity contribution < 1.29 is 9.59 Å². The Bertz CT molecular complexity index is 1070. The second kappa shape index (κ2) is 9.54. The Morgan fingerprint density at radius 2 is 1.72 bits per heavy atom. The number of nitrogens with one attached hydrogen (secondary N) is 2. The van der Waals surface area contributed by atoms with Crippen LogP contribution in [0.5, 0.6) is 0 Å². The Labute approximate surface area is 179 Å². The summed E-state index contributed by atoms with van der Waals surface area (Å²) >= 11 is 7.82. The van der Waals surface area contributed by atoms with Crippen LogP contribution in [0.3, 0.4) is 0 Å². The standard InChI is InChI=1S/C23H21ClN2O2S/c1-3-22(27)25-19-9-6-10-20(15(19)2)26-23(28)14-12-16-11-13-21(29-16)17-7-4-5-8-18(17)24/h4-14H,3H2,1-2H3,(H,25,27)(H,26,28)/b14-12-. The summed E-state index contributed by atoms with van der Waals surface area (Å²) in [5.74, 6) is -0.303. The third kappa shape index (κ3) is 5.34. The van der Waals surface area contributed by atoms with E-state index < -0.39 is 0 Å². The van der Waals surface area contributed by atoms with Gasteiger partial charge in [-0.3, -0.25) is 9.59 Å². The topological polar surface area (TPSA) is 58.2 Å². The molecule has 0 aliphatic heterocycles. The van der Waals surface area contributed by atoms with Gasteiger partial charge in [-0.1, -0.05) is 42.8 Å². The minimum Gasteiger partial charge on any atom is -0.326 e. The lowest BCUT2D eigenvalue weighted by Crippen LogP contribution is -2.13. The van der Waals surface area contributed by atoms with E-state index in [-0.39, 0.29) is 11.8 Å². The van der Waals surface area contributed by atoms with E-state index in [1.165, 1.54) is 6.08 Å². The van der Waals surface area contributed by atoms with Gasteiger partial charge in [0.15, 0.2) is 0 Å². The minimum atomic E-state index is -0.236. The van der Waals surface area contributed by atoms with Crippen LogP contribution in [0.2, 0.25) is 5.02 Å². The molecule has 1 aromatic heterocycles. The van der Waals surface area contributed by atoms with Gasteiger partial charge in [0.25, 0.3) is 0 Å². The SMILES string of the molecule is CCC(=O)Nc1cccc(NC(=O)/C=C\c2ccc(-c3ccccc3Cl)s2)c1C. The predicted octanol–water partition coefficient (Wildman–Crippen LogP) is 6.38. The van der Waals surface area contributed by atoms with Gasteiger partial charge < -0.3 is 10.6 Å². The Balaban J connectivity index is 1.69. The van der Waals surface area contributed by atoms with Crippen LogP contribution in [0.4, 0.5) is 11.4 Å². The highest BCUT2D eigenvalue weighted by Gasteiger charge is 2.09. The number of rotatable bonds is 6. The highest BCUT2D eigenvalue weighted by molar-refractivity contribution is 7.16. The molecule has 2 amide bonds. The normalized spacial score (nSPS) is 10.9. The van der Waals surface area contributed by atoms with E-state index in [0.717, 1.165) is 20.9 Å². The van der Waals surface area contributed by atoms with Gasteiger partial charge in [-0.15, -0.1) is 11.3 Å². The lowest BCUT2D eigenvalue weighted by molar-refractivity contribution is -0.116. The summed E-state index contributed by atoms with van der Waals surface area (Å²) in [4.78, 5) is 26.0. The first-order valence-corrected chi connectivity index (χ1v) is 10.4. The summed E-state index contributed by atoms with van der Waals surface area (Å²) in [6, 6.07) is 17.1. The van der Waals surface area contributed by atoms with Gasteiger partial charge in [0.1, 0.15) is 0 Å². The summed E-state index contributed by atoms with van der Waals surface area (Å²) < 4.78 is 0. The number of carbonyl (C=O) groups is 2. The molecule has 0 fully saturated rings. The van der Waals surface area contributed by atoms with E-state index in [1.807, 2.05) is 55.5 Å². The second-order valence-electron chi connectivity index (χ2n) is 6.38. The van der Waals surface area contributed by atoms with Gasteiger partial charge >= 0.3 is 0 Å². The van der Waals surface area contributed by atoms with E-state index >= 15 is 0 Å². The number of amides is 2. The molecule has 0 saturated carbocycles. The molecule has 148 valence electrons. The molecule has 2 aromatic carbocycles. The number of hydrogen-bond acceptors (Lipinski definition) is 3. The average molecular weight is 425 g/mol. The largest absolute Gasteiger partial charge is 0.326 e. The van der Waals surface area contributed by atoms with E-state index in [2.05, 4.69) is 10.6 Å². The Hall–Kier alpha value is -2.89. The first-order chi connectivity index (χ1) is 14.0. The van der Waals surface area contributed by atoms with Gasteiger partial charge in [-0.25, -0.2) is 0 Å². The quantitative estimate of drug-likeness (QED) is 0.451. The molecule has 0 spiro atoms. The third-order valence-electron chi connectivity index (χ3n) is 4.35. The van der Waals surface area contributed by atoms with Crippen LogP contribution < -0.4 is 10.6 Å². The number of halogens is 1. The monoisotopic (exact) mass is 424 g/mol. The van der Waals surface area contributed by atoms with Gasteiger partial charge in [-0.2, -0.15) is 0 Å². The summed E-state index contributed by atoms with van der Waals surface area (Å²) in [6.45, 7) is 3.66. The van der Waals surface area contributed by atoms with E-state index in [0.29, 0.717) is 22.8 Å². The highest BCUT2D eigenvalue weighted by Crippen LogP contribution is 2.33. The maximum atomic E-state index is 12.4. The molecule has 0 aliphatic carbocycles. The number of hydrogen-bond donors (Lipinski definition) is 2. The molecular weight excluding hydrogens is 404 g/mol. The Kier molecular flexibility index (Phi) is 6.86. The number of carbonyl (C=O) groups excluding carboxylic acids is 2. The molecule has 0 saturated heterocycles. The van der Waals surface area contributed by atoms with Crippen molar-refractivity contribution in [2.24, 2.45) is 0 Å². The molecule has 0 unspecified atom stereocenters. The molecule has 3 rings (SSSR count). The van der Waals surface area contributed by atoms with E-state index in [4.69, 9.17) is 11.6 Å². The number of benzene rings is 2. The van der Waals surface area contributed by atoms with Crippen LogP contribution in [0.15, 0.2) is 60.7 Å². The molecule has 3 aromatic rings. The van der Waals surface area contributed by atoms with Crippen molar-refractivity contribution in [2.45, 2.75) is 20.3 Å². The van der Waals surface area contributed by atoms with Crippen LogP contribution in [0.25, 0.3) is 16.5 Å². The van der Waals surface area contributed by atoms with Gasteiger partial charge in [0.05, 0.1) is 0 Å². The van der Waals surface area contributed by atoms with E-state index in [1.54, 1.807) is 30.4 Å². The molecule has 0 atom stereocenters. The Morgan fingerprint density at radius 3 is 2.45 bits per heavy atom. The number of anilines is 2. The molecule has 0 aliphatic rings. The van der Waals surface area contributed by atoms with Crippen molar-refractivity contribution in [2.75, 3.05) is 10.6 Å². The van der Waals surface area contributed by atoms with Crippen LogP contribution in [-0.4, -0.2) is 11.8 Å². The van der Waals surface area contributed by atoms with Crippen molar-refractivity contribution in [3.63, 3.8) is 0 Å². The van der Waals surface area contributed by atoms with Crippen molar-refractivity contribution in [3.05, 3.63) is 76.1 Å². The number of thiophene rings is 1. The molecular formula is C23H21ClN2O2S. The zero-order valence-corrected chi connectivity index (χ0v) is 17.7. The maximum absolute atomic E-state index is 12.4. The zero-order chi connectivity index (χ0) is 20.8. The van der Waals surface area contributed by atoms with Crippen molar-refractivity contribution in [1.29, 1.82) is 0 Å². The smallest absolute Gasteiger partial charge is 0.248 e. The summed E-state index contributed by atoms with van der Waals surface area (Å²) in [7, 11) is 0. The zero-order valence-electron chi connectivity index (χ0n) is 16.2. The highest BCUT2D eigenvalue weighted by atomic mass is 35.5. The lowest BCUT2D eigenvalue weighted by Gasteiger charge is -2.12. The molecule has 0 radical (unpaired) electrons. The van der Waals surface area contributed by atoms with Gasteiger partial charge in [0.2, 0.25) is 11.8 Å². The molecule has 29 heavy (non-hydrogen) atoms. The Morgan fingerprint density at radius 1 is 1.00 bits per heavy atom. The fourth-order valence-corrected chi connectivity index (χ4v) is 3.97. The maximum Gasteiger partial charge on any atom is 0.248 e. The van der Waals surface area contributed by atoms with Crippen LogP contribution >= 0.6 is 22.9 Å². The fraction of sp³-hybridized carbons (Fsp3) is 0.130. The minimum absolute atomic E-state index is 0.0662. The fourth-order valence-electron chi connectivity index (χ4n) is 2.73. The molecule has 0 bridgehead atoms. The molecule has 6 heteroatoms. The second-order valence-corrected chi connectivity index (χ2v) is 7.91. The molecule has 1 heterocycles. The third-order valence-corrected chi connectivity index (χ3v) is 5.77. The van der Waals surface area contributed by atoms with Crippen LogP contribution in [0, 0.1) is 6.92 Å². The predicted molar refractivity (Wildman–Crippen MR) is 123 cm³/mol. The average Bonchev–Trinajstić information content (AvgIpc) is 3.18. The summed E-state index contributed by atoms with van der Waals surface area (Å²) in [5, 5.41) is 6.41. The van der Waals surface area contributed by atoms with Crippen molar-refractivity contribution >= 4 is 52.2 Å². The first-order valence-electron chi connectivity index (χ1n) is 9.21. The van der Waals surface area contributed by atoms with Gasteiger partial charge in [-0.05, 0) is 48.9 Å². The first kappa shape index (κ1) is 20.8. The van der Waals surface area contributed by atoms with Crippen LogP contribution in [0.1, 0.15) is 23.8 Å². The van der Waals surface area contributed by atoms with Crippen molar-refractivity contribution in [1.82, 2.24) is 0 Å². The van der Waals surface area contributed by atoms with Crippen LogP contribution in [-0.2, 0) is 9.59 Å². The van der Waals surface area contributed by atoms with E-state index in [9.17, 15) is 9.59 Å². The summed E-state index contributed by atoms with van der Waals surface area (Å²) in [6.07, 6.45) is 3.67. The molecule has 4 nitrogen and oxygen atoms in total. The van der Waals surface area contributed by atoms with Crippen molar-refractivity contribution in [3.8, 4) is 10.4 Å². The van der Waals surface area contributed by atoms with Gasteiger partial charge in [0, 0.05) is 44.2 Å². The summed E-state index contributed by atoms with van der Waals surface area (Å²) in [5.41, 5.74) is 3.15. The lowest BCUT2D eigenvalue weighted by atomic mass is 10.1. The molecule has 2 N–H and O–H groups in total.